The van der Waals surface area contributed by atoms with Gasteiger partial charge < -0.3 is 9.30 Å². The zero-order valence-corrected chi connectivity index (χ0v) is 41.0. The number of para-hydroxylation sites is 1. The van der Waals surface area contributed by atoms with Crippen molar-refractivity contribution in [3.63, 3.8) is 0 Å². The fourth-order valence-electron chi connectivity index (χ4n) is 8.50. The van der Waals surface area contributed by atoms with Gasteiger partial charge in [-0.15, -0.1) is 23.6 Å². The van der Waals surface area contributed by atoms with Gasteiger partial charge in [-0.1, -0.05) is 169 Å². The molecule has 0 unspecified atom stereocenters. The van der Waals surface area contributed by atoms with Crippen LogP contribution >= 0.6 is 0 Å². The van der Waals surface area contributed by atoms with Gasteiger partial charge in [0.25, 0.3) is 5.69 Å². The van der Waals surface area contributed by atoms with E-state index in [9.17, 15) is 0 Å². The molecule has 2 aromatic heterocycles. The van der Waals surface area contributed by atoms with E-state index in [4.69, 9.17) is 16.6 Å². The van der Waals surface area contributed by atoms with Crippen LogP contribution in [-0.2, 0) is 37.3 Å². The number of hydrogen-bond donors (Lipinski definition) is 0. The van der Waals surface area contributed by atoms with Crippen LogP contribution in [0.4, 0.5) is 22.7 Å². The van der Waals surface area contributed by atoms with Gasteiger partial charge in [0.1, 0.15) is 11.5 Å². The van der Waals surface area contributed by atoms with Crippen molar-refractivity contribution in [3.05, 3.63) is 193 Å². The van der Waals surface area contributed by atoms with Crippen LogP contribution < -0.4 is 13.9 Å². The number of aromatic nitrogens is 2. The summed E-state index contributed by atoms with van der Waals surface area (Å²) in [5, 5.41) is 2.09. The summed E-state index contributed by atoms with van der Waals surface area (Å²) in [6, 6.07) is 52.0. The average molecular weight is 1050 g/mol. The van der Waals surface area contributed by atoms with Gasteiger partial charge in [-0.2, -0.15) is 12.1 Å². The fourth-order valence-corrected chi connectivity index (χ4v) is 8.50. The first-order valence-corrected chi connectivity index (χ1v) is 22.1. The Morgan fingerprint density at radius 2 is 1.29 bits per heavy atom. The Balaban J connectivity index is 0.00000624. The third-order valence-corrected chi connectivity index (χ3v) is 12.2. The molecule has 0 atom stereocenters. The molecule has 10 rings (SSSR count). The molecule has 66 heavy (non-hydrogen) atoms. The van der Waals surface area contributed by atoms with E-state index < -0.39 is 18.1 Å². The minimum absolute atomic E-state index is 0. The predicted molar refractivity (Wildman–Crippen MR) is 271 cm³/mol. The Labute approximate surface area is 410 Å². The molecular weight excluding hydrogens is 988 g/mol. The molecule has 0 fully saturated rings. The summed E-state index contributed by atoms with van der Waals surface area (Å²) in [6.45, 7) is 19.7. The normalized spacial score (nSPS) is 13.8. The number of pyridine rings is 1. The van der Waals surface area contributed by atoms with Crippen LogP contribution in [0.5, 0.6) is 11.5 Å². The zero-order chi connectivity index (χ0) is 49.6. The van der Waals surface area contributed by atoms with Crippen molar-refractivity contribution in [2.45, 2.75) is 78.6 Å². The first-order valence-electron chi connectivity index (χ1n) is 24.6. The Bertz CT molecular complexity index is 3620. The van der Waals surface area contributed by atoms with Crippen LogP contribution in [0, 0.1) is 12.1 Å². The third-order valence-electron chi connectivity index (χ3n) is 12.2. The molecule has 1 aliphatic rings. The molecule has 5 nitrogen and oxygen atoms in total. The fraction of sp³-hybridized carbons (Fsp3) is 0.200. The number of rotatable bonds is 7. The van der Waals surface area contributed by atoms with Crippen molar-refractivity contribution in [2.75, 3.05) is 0 Å². The van der Waals surface area contributed by atoms with E-state index >= 15 is 0 Å². The standard InChI is InChI=1S/C60H54N4O.Pt/c1-58(2,3)43-30-31-61-56(36-43)64-53-29-26-42(40-18-12-10-13-19-40)32-52(53)51-28-27-49(38-55(51)64)65-48-23-16-22-46(37-48)62-39-63(47-34-44(59(4,5)6)33-45(35-47)60(7,8)9)57-50(24-17-25-54(57)62)41-20-14-11-15-21-41;/h10-36H,1-9H3;/q;+2/i11D,14D,15D,20D,21D;. The maximum Gasteiger partial charge on any atom is 2.00 e. The molecule has 3 heterocycles. The van der Waals surface area contributed by atoms with E-state index in [1.54, 1.807) is 0 Å². The van der Waals surface area contributed by atoms with Gasteiger partial charge in [0, 0.05) is 41.4 Å². The smallest absolute Gasteiger partial charge is 0.509 e. The van der Waals surface area contributed by atoms with E-state index in [0.29, 0.717) is 34.1 Å². The molecule has 1 aliphatic heterocycles. The Hall–Kier alpha value is -6.64. The van der Waals surface area contributed by atoms with Gasteiger partial charge in [-0.3, -0.25) is 0 Å². The molecule has 0 spiro atoms. The maximum atomic E-state index is 9.05. The first-order chi connectivity index (χ1) is 33.2. The van der Waals surface area contributed by atoms with Gasteiger partial charge in [-0.05, 0) is 83.9 Å². The summed E-state index contributed by atoms with van der Waals surface area (Å²) < 4.78 is 56.4. The minimum Gasteiger partial charge on any atom is -0.509 e. The quantitative estimate of drug-likeness (QED) is 0.118. The summed E-state index contributed by atoms with van der Waals surface area (Å²) >= 11 is 0. The van der Waals surface area contributed by atoms with Gasteiger partial charge >= 0.3 is 32.8 Å². The van der Waals surface area contributed by atoms with E-state index in [1.807, 2.05) is 63.9 Å². The van der Waals surface area contributed by atoms with Crippen LogP contribution in [0.15, 0.2) is 164 Å². The topological polar surface area (TPSA) is 33.1 Å². The Kier molecular flexibility index (Phi) is 9.93. The molecule has 0 bridgehead atoms. The maximum absolute atomic E-state index is 9.05. The third kappa shape index (κ3) is 8.39. The van der Waals surface area contributed by atoms with Gasteiger partial charge in [0.15, 0.2) is 0 Å². The molecule has 7 aromatic carbocycles. The van der Waals surface area contributed by atoms with Gasteiger partial charge in [0.2, 0.25) is 5.69 Å². The van der Waals surface area contributed by atoms with Crippen molar-refractivity contribution < 1.29 is 32.7 Å². The van der Waals surface area contributed by atoms with Gasteiger partial charge in [-0.25, -0.2) is 4.98 Å². The number of ether oxygens (including phenoxy) is 1. The largest absolute Gasteiger partial charge is 2.00 e. The average Bonchev–Trinajstić information content (AvgIpc) is 3.88. The first kappa shape index (κ1) is 38.6. The van der Waals surface area contributed by atoms with Crippen LogP contribution in [0.25, 0.3) is 49.9 Å². The van der Waals surface area contributed by atoms with Crippen molar-refractivity contribution in [1.82, 2.24) is 18.7 Å². The number of nitrogens with zero attached hydrogens (tertiary/aromatic N) is 4. The Morgan fingerprint density at radius 1 is 0.591 bits per heavy atom. The molecule has 0 radical (unpaired) electrons. The number of hydrogen-bond acceptors (Lipinski definition) is 2. The SMILES string of the molecule is [2H]c1c([2H])c([2H])c(-c2cccc3c2[N+](c2cc(C(C)(C)C)cc(C(C)(C)C)c2)=C=[N+]3c2[c-]c(Oc3[c-]c4c(cc3)c3cc(-c5ccccc5)ccc3n4-c3cc(C(C)(C)C)ccn3)ccc2)c([2H])c1[2H].[Pt+2]. The summed E-state index contributed by atoms with van der Waals surface area (Å²) in [5.41, 5.74) is 10.4. The molecule has 0 saturated carbocycles. The molecular formula is C60H54N4OPt+2. The molecule has 328 valence electrons. The molecule has 9 aromatic rings. The van der Waals surface area contributed by atoms with Crippen LogP contribution in [0.3, 0.4) is 0 Å². The van der Waals surface area contributed by atoms with E-state index in [1.165, 1.54) is 5.56 Å². The van der Waals surface area contributed by atoms with Crippen molar-refractivity contribution in [1.29, 1.82) is 0 Å². The van der Waals surface area contributed by atoms with Crippen LogP contribution in [-0.4, -0.2) is 15.6 Å². The zero-order valence-electron chi connectivity index (χ0n) is 43.7. The molecule has 0 aliphatic carbocycles. The van der Waals surface area contributed by atoms with Crippen molar-refractivity contribution >= 4 is 50.6 Å². The second-order valence-corrected chi connectivity index (χ2v) is 19.9. The van der Waals surface area contributed by atoms with Gasteiger partial charge in [0.05, 0.1) is 12.4 Å². The van der Waals surface area contributed by atoms with Crippen LogP contribution in [0.1, 0.15) is 85.9 Å². The summed E-state index contributed by atoms with van der Waals surface area (Å²) in [5.74, 6) is 1.73. The van der Waals surface area contributed by atoms with Crippen LogP contribution in [0.2, 0.25) is 0 Å². The number of fused-ring (bicyclic) bond motifs is 4. The summed E-state index contributed by atoms with van der Waals surface area (Å²) in [7, 11) is 0. The molecule has 0 saturated heterocycles. The predicted octanol–water partition coefficient (Wildman–Crippen LogP) is 15.7. The Morgan fingerprint density at radius 3 is 2.00 bits per heavy atom. The molecule has 6 heteroatoms. The second-order valence-electron chi connectivity index (χ2n) is 19.9. The summed E-state index contributed by atoms with van der Waals surface area (Å²) in [4.78, 5) is 4.90. The summed E-state index contributed by atoms with van der Waals surface area (Å²) in [6.07, 6.45) is 1.87. The van der Waals surface area contributed by atoms with E-state index in [0.717, 1.165) is 55.6 Å². The van der Waals surface area contributed by atoms with E-state index in [2.05, 4.69) is 164 Å². The van der Waals surface area contributed by atoms with Crippen molar-refractivity contribution in [3.8, 4) is 39.6 Å². The minimum atomic E-state index is -0.441. The molecule has 0 amide bonds. The number of benzene rings is 7. The molecule has 0 N–H and O–H groups in total. The monoisotopic (exact) mass is 1050 g/mol. The second kappa shape index (κ2) is 17.0. The van der Waals surface area contributed by atoms with E-state index in [-0.39, 0.29) is 55.0 Å². The van der Waals surface area contributed by atoms with Crippen molar-refractivity contribution in [2.24, 2.45) is 0 Å².